The molecule has 0 fully saturated rings. The Bertz CT molecular complexity index is 137. The highest BCUT2D eigenvalue weighted by Gasteiger charge is 2.21. The van der Waals surface area contributed by atoms with E-state index in [1.807, 2.05) is 0 Å². The summed E-state index contributed by atoms with van der Waals surface area (Å²) >= 11 is 0. The van der Waals surface area contributed by atoms with E-state index in [2.05, 4.69) is 41.5 Å². The summed E-state index contributed by atoms with van der Waals surface area (Å²) in [7, 11) is 0. The molecule has 0 aromatic heterocycles. The summed E-state index contributed by atoms with van der Waals surface area (Å²) in [6.07, 6.45) is 6.95. The molecule has 0 aromatic carbocycles. The molecule has 0 heterocycles. The molecule has 0 heteroatoms. The first-order valence-electron chi connectivity index (χ1n) is 7.02. The summed E-state index contributed by atoms with van der Waals surface area (Å²) in [5.74, 6) is 3.61. The normalized spacial score (nSPS) is 17.8. The van der Waals surface area contributed by atoms with Crippen molar-refractivity contribution in [3.8, 4) is 0 Å². The fourth-order valence-corrected chi connectivity index (χ4v) is 2.53. The van der Waals surface area contributed by atoms with Crippen molar-refractivity contribution in [2.24, 2.45) is 23.7 Å². The highest BCUT2D eigenvalue weighted by atomic mass is 14.3. The number of hydrogen-bond donors (Lipinski definition) is 0. The van der Waals surface area contributed by atoms with Gasteiger partial charge in [0.05, 0.1) is 0 Å². The second kappa shape index (κ2) is 8.19. The Morgan fingerprint density at radius 1 is 0.933 bits per heavy atom. The summed E-state index contributed by atoms with van der Waals surface area (Å²) in [5.41, 5.74) is 0. The maximum atomic E-state index is 2.46. The van der Waals surface area contributed by atoms with Crippen molar-refractivity contribution in [1.82, 2.24) is 0 Å². The first-order chi connectivity index (χ1) is 7.02. The van der Waals surface area contributed by atoms with Gasteiger partial charge in [0.25, 0.3) is 0 Å². The van der Waals surface area contributed by atoms with Gasteiger partial charge < -0.3 is 0 Å². The van der Waals surface area contributed by atoms with Crippen molar-refractivity contribution in [2.75, 3.05) is 0 Å². The van der Waals surface area contributed by atoms with Gasteiger partial charge in [0.2, 0.25) is 0 Å². The maximum absolute atomic E-state index is 2.46. The van der Waals surface area contributed by atoms with E-state index in [9.17, 15) is 0 Å². The van der Waals surface area contributed by atoms with E-state index in [1.54, 1.807) is 0 Å². The molecule has 0 saturated carbocycles. The lowest BCUT2D eigenvalue weighted by Crippen LogP contribution is -2.20. The molecule has 0 bridgehead atoms. The van der Waals surface area contributed by atoms with Gasteiger partial charge in [0.15, 0.2) is 0 Å². The van der Waals surface area contributed by atoms with Crippen LogP contribution in [0.15, 0.2) is 0 Å². The molecule has 0 amide bonds. The number of rotatable bonds is 8. The highest BCUT2D eigenvalue weighted by molar-refractivity contribution is 4.72. The van der Waals surface area contributed by atoms with Gasteiger partial charge in [0, 0.05) is 0 Å². The van der Waals surface area contributed by atoms with Crippen LogP contribution >= 0.6 is 0 Å². The quantitative estimate of drug-likeness (QED) is 0.497. The Kier molecular flexibility index (Phi) is 8.19. The van der Waals surface area contributed by atoms with Gasteiger partial charge in [-0.05, 0) is 30.1 Å². The second-order valence-corrected chi connectivity index (χ2v) is 5.78. The van der Waals surface area contributed by atoms with Crippen LogP contribution in [0.2, 0.25) is 0 Å². The molecule has 0 N–H and O–H groups in total. The molecule has 3 unspecified atom stereocenters. The van der Waals surface area contributed by atoms with Crippen molar-refractivity contribution in [3.05, 3.63) is 0 Å². The van der Waals surface area contributed by atoms with Crippen LogP contribution < -0.4 is 0 Å². The van der Waals surface area contributed by atoms with E-state index in [1.165, 1.54) is 32.1 Å². The smallest absolute Gasteiger partial charge is 0.0363 e. The monoisotopic (exact) mass is 212 g/mol. The summed E-state index contributed by atoms with van der Waals surface area (Å²) < 4.78 is 0. The summed E-state index contributed by atoms with van der Waals surface area (Å²) in [6, 6.07) is 0. The van der Waals surface area contributed by atoms with Gasteiger partial charge in [-0.1, -0.05) is 67.2 Å². The lowest BCUT2D eigenvalue weighted by molar-refractivity contribution is 0.207. The highest BCUT2D eigenvalue weighted by Crippen LogP contribution is 2.31. The Balaban J connectivity index is 4.12. The number of hydrogen-bond acceptors (Lipinski definition) is 0. The van der Waals surface area contributed by atoms with E-state index in [-0.39, 0.29) is 0 Å². The van der Waals surface area contributed by atoms with E-state index in [0.717, 1.165) is 23.7 Å². The van der Waals surface area contributed by atoms with E-state index in [0.29, 0.717) is 0 Å². The molecule has 0 saturated heterocycles. The third-order valence-corrected chi connectivity index (χ3v) is 3.97. The van der Waals surface area contributed by atoms with Crippen LogP contribution in [0.5, 0.6) is 0 Å². The molecular weight excluding hydrogens is 180 g/mol. The van der Waals surface area contributed by atoms with Crippen molar-refractivity contribution in [3.63, 3.8) is 0 Å². The van der Waals surface area contributed by atoms with Gasteiger partial charge in [-0.2, -0.15) is 0 Å². The van der Waals surface area contributed by atoms with Gasteiger partial charge in [-0.3, -0.25) is 0 Å². The Labute approximate surface area is 97.8 Å². The first kappa shape index (κ1) is 15.0. The van der Waals surface area contributed by atoms with Crippen LogP contribution in [0.4, 0.5) is 0 Å². The minimum absolute atomic E-state index is 0.853. The molecule has 15 heavy (non-hydrogen) atoms. The first-order valence-corrected chi connectivity index (χ1v) is 7.02. The largest absolute Gasteiger partial charge is 0.0654 e. The fraction of sp³-hybridized carbons (Fsp3) is 1.00. The van der Waals surface area contributed by atoms with Crippen LogP contribution in [-0.2, 0) is 0 Å². The predicted octanol–water partition coefficient (Wildman–Crippen LogP) is 5.52. The van der Waals surface area contributed by atoms with Crippen LogP contribution in [0.3, 0.4) is 0 Å². The van der Waals surface area contributed by atoms with Crippen LogP contribution in [0, 0.1) is 23.7 Å². The van der Waals surface area contributed by atoms with E-state index >= 15 is 0 Å². The Hall–Kier alpha value is 0. The Morgan fingerprint density at radius 3 is 1.93 bits per heavy atom. The second-order valence-electron chi connectivity index (χ2n) is 5.78. The van der Waals surface area contributed by atoms with Gasteiger partial charge in [-0.25, -0.2) is 0 Å². The summed E-state index contributed by atoms with van der Waals surface area (Å²) in [6.45, 7) is 14.3. The summed E-state index contributed by atoms with van der Waals surface area (Å²) in [4.78, 5) is 0. The maximum Gasteiger partial charge on any atom is -0.0363 e. The molecule has 0 radical (unpaired) electrons. The average molecular weight is 212 g/mol. The van der Waals surface area contributed by atoms with Crippen molar-refractivity contribution < 1.29 is 0 Å². The molecule has 0 aliphatic heterocycles. The molecule has 0 spiro atoms. The molecule has 0 aromatic rings. The molecule has 0 aliphatic carbocycles. The van der Waals surface area contributed by atoms with Crippen LogP contribution in [0.25, 0.3) is 0 Å². The zero-order valence-corrected chi connectivity index (χ0v) is 11.8. The third kappa shape index (κ3) is 6.22. The van der Waals surface area contributed by atoms with Gasteiger partial charge in [0.1, 0.15) is 0 Å². The van der Waals surface area contributed by atoms with Crippen molar-refractivity contribution in [2.45, 2.75) is 73.6 Å². The lowest BCUT2D eigenvalue weighted by Gasteiger charge is -2.29. The fourth-order valence-electron chi connectivity index (χ4n) is 2.53. The van der Waals surface area contributed by atoms with Crippen LogP contribution in [0.1, 0.15) is 73.6 Å². The molecule has 3 atom stereocenters. The van der Waals surface area contributed by atoms with Crippen LogP contribution in [-0.4, -0.2) is 0 Å². The third-order valence-electron chi connectivity index (χ3n) is 3.97. The van der Waals surface area contributed by atoms with Crippen molar-refractivity contribution in [1.29, 1.82) is 0 Å². The van der Waals surface area contributed by atoms with E-state index < -0.39 is 0 Å². The lowest BCUT2D eigenvalue weighted by atomic mass is 9.76. The number of unbranched alkanes of at least 4 members (excludes halogenated alkanes) is 1. The summed E-state index contributed by atoms with van der Waals surface area (Å²) in [5, 5.41) is 0. The zero-order valence-electron chi connectivity index (χ0n) is 11.8. The standard InChI is InChI=1S/C15H32/c1-7-9-10-14(6)15(12(3)4)11-13(5)8-2/h12-15H,7-11H2,1-6H3. The molecule has 92 valence electrons. The minimum atomic E-state index is 0.853. The molecular formula is C15H32. The van der Waals surface area contributed by atoms with E-state index in [4.69, 9.17) is 0 Å². The molecule has 0 rings (SSSR count). The molecule has 0 aliphatic rings. The van der Waals surface area contributed by atoms with Crippen molar-refractivity contribution >= 4 is 0 Å². The van der Waals surface area contributed by atoms with Gasteiger partial charge in [-0.15, -0.1) is 0 Å². The average Bonchev–Trinajstić information content (AvgIpc) is 2.21. The zero-order chi connectivity index (χ0) is 11.8. The van der Waals surface area contributed by atoms with Gasteiger partial charge >= 0.3 is 0 Å². The molecule has 0 nitrogen and oxygen atoms in total. The topological polar surface area (TPSA) is 0 Å². The predicted molar refractivity (Wildman–Crippen MR) is 71.1 cm³/mol. The Morgan fingerprint density at radius 2 is 1.53 bits per heavy atom. The minimum Gasteiger partial charge on any atom is -0.0654 e. The SMILES string of the molecule is CCCCC(C)C(CC(C)CC)C(C)C.